The lowest BCUT2D eigenvalue weighted by atomic mass is 9.91. The number of aromatic nitrogens is 1. The van der Waals surface area contributed by atoms with Crippen molar-refractivity contribution in [2.45, 2.75) is 40.0 Å². The molecule has 0 saturated heterocycles. The molecular weight excluding hydrogens is 260 g/mol. The van der Waals surface area contributed by atoms with Gasteiger partial charge in [-0.25, -0.2) is 4.98 Å². The zero-order valence-electron chi connectivity index (χ0n) is 12.6. The smallest absolute Gasteiger partial charge is 0.253 e. The highest BCUT2D eigenvalue weighted by Crippen LogP contribution is 2.24. The summed E-state index contributed by atoms with van der Waals surface area (Å²) < 4.78 is 0. The SMILES string of the molecule is CC(C)CN(C)C(=O)c1cc(Cl)nc(C(C)(C)C)c1. The fourth-order valence-corrected chi connectivity index (χ4v) is 2.06. The molecule has 0 atom stereocenters. The van der Waals surface area contributed by atoms with E-state index in [1.807, 2.05) is 13.1 Å². The predicted octanol–water partition coefficient (Wildman–Crippen LogP) is 3.76. The van der Waals surface area contributed by atoms with Crippen molar-refractivity contribution >= 4 is 17.5 Å². The van der Waals surface area contributed by atoms with Crippen LogP contribution in [0.3, 0.4) is 0 Å². The summed E-state index contributed by atoms with van der Waals surface area (Å²) >= 11 is 6.03. The summed E-state index contributed by atoms with van der Waals surface area (Å²) in [6.07, 6.45) is 0. The molecule has 3 nitrogen and oxygen atoms in total. The molecule has 106 valence electrons. The zero-order chi connectivity index (χ0) is 14.8. The second-order valence-corrected chi connectivity index (χ2v) is 6.78. The van der Waals surface area contributed by atoms with E-state index in [-0.39, 0.29) is 11.3 Å². The van der Waals surface area contributed by atoms with E-state index in [0.29, 0.717) is 16.6 Å². The molecule has 0 aliphatic rings. The van der Waals surface area contributed by atoms with Gasteiger partial charge in [-0.1, -0.05) is 46.2 Å². The third-order valence-electron chi connectivity index (χ3n) is 2.80. The maximum absolute atomic E-state index is 12.4. The molecule has 0 aliphatic heterocycles. The molecule has 1 aromatic rings. The Morgan fingerprint density at radius 1 is 1.37 bits per heavy atom. The Labute approximate surface area is 121 Å². The van der Waals surface area contributed by atoms with Gasteiger partial charge in [-0.05, 0) is 18.1 Å². The molecule has 0 N–H and O–H groups in total. The van der Waals surface area contributed by atoms with Gasteiger partial charge >= 0.3 is 0 Å². The summed E-state index contributed by atoms with van der Waals surface area (Å²) in [4.78, 5) is 18.4. The number of rotatable bonds is 3. The first kappa shape index (κ1) is 16.0. The Balaban J connectivity index is 3.07. The molecule has 0 saturated carbocycles. The number of carbonyl (C=O) groups is 1. The van der Waals surface area contributed by atoms with E-state index >= 15 is 0 Å². The Kier molecular flexibility index (Phi) is 4.97. The first-order valence-corrected chi connectivity index (χ1v) is 6.92. The van der Waals surface area contributed by atoms with Gasteiger partial charge < -0.3 is 4.90 Å². The van der Waals surface area contributed by atoms with Crippen LogP contribution in [0.4, 0.5) is 0 Å². The van der Waals surface area contributed by atoms with Gasteiger partial charge in [0.1, 0.15) is 5.15 Å². The Hall–Kier alpha value is -1.09. The lowest BCUT2D eigenvalue weighted by Gasteiger charge is -2.22. The van der Waals surface area contributed by atoms with Gasteiger partial charge in [0.25, 0.3) is 5.91 Å². The number of halogens is 1. The van der Waals surface area contributed by atoms with Gasteiger partial charge in [0.15, 0.2) is 0 Å². The number of pyridine rings is 1. The van der Waals surface area contributed by atoms with Crippen molar-refractivity contribution < 1.29 is 4.79 Å². The fraction of sp³-hybridized carbons (Fsp3) is 0.600. The monoisotopic (exact) mass is 282 g/mol. The fourth-order valence-electron chi connectivity index (χ4n) is 1.86. The number of hydrogen-bond acceptors (Lipinski definition) is 2. The highest BCUT2D eigenvalue weighted by atomic mass is 35.5. The molecule has 1 rings (SSSR count). The summed E-state index contributed by atoms with van der Waals surface area (Å²) in [6, 6.07) is 3.47. The second-order valence-electron chi connectivity index (χ2n) is 6.39. The van der Waals surface area contributed by atoms with Gasteiger partial charge in [0, 0.05) is 30.3 Å². The van der Waals surface area contributed by atoms with E-state index in [1.54, 1.807) is 11.0 Å². The van der Waals surface area contributed by atoms with Gasteiger partial charge in [0.05, 0.1) is 0 Å². The van der Waals surface area contributed by atoms with Crippen molar-refractivity contribution in [1.29, 1.82) is 0 Å². The van der Waals surface area contributed by atoms with Gasteiger partial charge in [0.2, 0.25) is 0 Å². The molecule has 19 heavy (non-hydrogen) atoms. The Bertz CT molecular complexity index is 464. The first-order valence-electron chi connectivity index (χ1n) is 6.55. The molecule has 0 bridgehead atoms. The van der Waals surface area contributed by atoms with Crippen LogP contribution in [0.1, 0.15) is 50.7 Å². The standard InChI is InChI=1S/C15H23ClN2O/c1-10(2)9-18(6)14(19)11-7-12(15(3,4)5)17-13(16)8-11/h7-8,10H,9H2,1-6H3. The molecule has 0 radical (unpaired) electrons. The zero-order valence-corrected chi connectivity index (χ0v) is 13.4. The van der Waals surface area contributed by atoms with Crippen LogP contribution >= 0.6 is 11.6 Å². The normalized spacial score (nSPS) is 11.8. The highest BCUT2D eigenvalue weighted by Gasteiger charge is 2.20. The molecule has 0 spiro atoms. The lowest BCUT2D eigenvalue weighted by Crippen LogP contribution is -2.30. The third kappa shape index (κ3) is 4.50. The third-order valence-corrected chi connectivity index (χ3v) is 2.99. The van der Waals surface area contributed by atoms with E-state index in [1.165, 1.54) is 0 Å². The van der Waals surface area contributed by atoms with Crippen molar-refractivity contribution in [2.24, 2.45) is 5.92 Å². The van der Waals surface area contributed by atoms with Crippen LogP contribution < -0.4 is 0 Å². The molecule has 0 fully saturated rings. The minimum atomic E-state index is -0.128. The van der Waals surface area contributed by atoms with E-state index in [4.69, 9.17) is 11.6 Å². The van der Waals surface area contributed by atoms with Crippen LogP contribution in [-0.2, 0) is 5.41 Å². The van der Waals surface area contributed by atoms with Gasteiger partial charge in [-0.2, -0.15) is 0 Å². The lowest BCUT2D eigenvalue weighted by molar-refractivity contribution is 0.0779. The number of amides is 1. The largest absolute Gasteiger partial charge is 0.341 e. The average Bonchev–Trinajstić information content (AvgIpc) is 2.25. The molecule has 0 aromatic carbocycles. The summed E-state index contributed by atoms with van der Waals surface area (Å²) in [5, 5.41) is 0.369. The molecule has 0 aliphatic carbocycles. The molecule has 1 aromatic heterocycles. The van der Waals surface area contributed by atoms with Crippen molar-refractivity contribution in [1.82, 2.24) is 9.88 Å². The second kappa shape index (κ2) is 5.91. The number of nitrogens with zero attached hydrogens (tertiary/aromatic N) is 2. The number of hydrogen-bond donors (Lipinski definition) is 0. The van der Waals surface area contributed by atoms with Crippen LogP contribution in [0.5, 0.6) is 0 Å². The molecular formula is C15H23ClN2O. The highest BCUT2D eigenvalue weighted by molar-refractivity contribution is 6.29. The van der Waals surface area contributed by atoms with Crippen molar-refractivity contribution in [3.8, 4) is 0 Å². The first-order chi connectivity index (χ1) is 8.61. The van der Waals surface area contributed by atoms with E-state index in [0.717, 1.165) is 12.2 Å². The van der Waals surface area contributed by atoms with Crippen LogP contribution in [0.15, 0.2) is 12.1 Å². The molecule has 4 heteroatoms. The van der Waals surface area contributed by atoms with Crippen LogP contribution in [0.25, 0.3) is 0 Å². The van der Waals surface area contributed by atoms with Crippen LogP contribution in [0, 0.1) is 5.92 Å². The van der Waals surface area contributed by atoms with E-state index < -0.39 is 0 Å². The Morgan fingerprint density at radius 2 is 1.95 bits per heavy atom. The summed E-state index contributed by atoms with van der Waals surface area (Å²) in [7, 11) is 1.81. The van der Waals surface area contributed by atoms with E-state index in [2.05, 4.69) is 39.6 Å². The number of carbonyl (C=O) groups excluding carboxylic acids is 1. The van der Waals surface area contributed by atoms with Crippen molar-refractivity contribution in [2.75, 3.05) is 13.6 Å². The van der Waals surface area contributed by atoms with E-state index in [9.17, 15) is 4.79 Å². The average molecular weight is 283 g/mol. The predicted molar refractivity (Wildman–Crippen MR) is 79.7 cm³/mol. The van der Waals surface area contributed by atoms with Crippen LogP contribution in [0.2, 0.25) is 5.15 Å². The summed E-state index contributed by atoms with van der Waals surface area (Å²) in [5.74, 6) is 0.428. The molecule has 1 heterocycles. The van der Waals surface area contributed by atoms with Gasteiger partial charge in [-0.15, -0.1) is 0 Å². The maximum Gasteiger partial charge on any atom is 0.253 e. The summed E-state index contributed by atoms with van der Waals surface area (Å²) in [6.45, 7) is 11.1. The van der Waals surface area contributed by atoms with Crippen LogP contribution in [-0.4, -0.2) is 29.4 Å². The quantitative estimate of drug-likeness (QED) is 0.791. The summed E-state index contributed by atoms with van der Waals surface area (Å²) in [5.41, 5.74) is 1.31. The molecule has 0 unspecified atom stereocenters. The molecule has 1 amide bonds. The Morgan fingerprint density at radius 3 is 2.42 bits per heavy atom. The maximum atomic E-state index is 12.4. The van der Waals surface area contributed by atoms with Gasteiger partial charge in [-0.3, -0.25) is 4.79 Å². The topological polar surface area (TPSA) is 33.2 Å². The minimum Gasteiger partial charge on any atom is -0.341 e. The van der Waals surface area contributed by atoms with Crippen molar-refractivity contribution in [3.05, 3.63) is 28.5 Å². The van der Waals surface area contributed by atoms with Crippen molar-refractivity contribution in [3.63, 3.8) is 0 Å². The minimum absolute atomic E-state index is 0.0106.